The highest BCUT2D eigenvalue weighted by molar-refractivity contribution is 6.06. The first-order valence-electron chi connectivity index (χ1n) is 8.45. The summed E-state index contributed by atoms with van der Waals surface area (Å²) in [5.41, 5.74) is 2.17. The average molecular weight is 351 g/mol. The van der Waals surface area contributed by atoms with Gasteiger partial charge in [-0.15, -0.1) is 5.10 Å². The Bertz CT molecular complexity index is 922. The molecule has 0 N–H and O–H groups in total. The van der Waals surface area contributed by atoms with Crippen molar-refractivity contribution in [1.82, 2.24) is 9.78 Å². The predicted octanol–water partition coefficient (Wildman–Crippen LogP) is 3.65. The van der Waals surface area contributed by atoms with Crippen molar-refractivity contribution in [2.45, 2.75) is 26.1 Å². The lowest BCUT2D eigenvalue weighted by Crippen LogP contribution is -2.46. The van der Waals surface area contributed by atoms with E-state index in [2.05, 4.69) is 5.10 Å². The summed E-state index contributed by atoms with van der Waals surface area (Å²) in [6, 6.07) is 17.3. The first-order chi connectivity index (χ1) is 12.6. The van der Waals surface area contributed by atoms with Gasteiger partial charge in [0.2, 0.25) is 5.88 Å². The molecule has 132 valence electrons. The first kappa shape index (κ1) is 16.3. The number of nitrogens with zero attached hydrogens (tertiary/aromatic N) is 3. The van der Waals surface area contributed by atoms with Crippen LogP contribution in [0.25, 0.3) is 0 Å². The summed E-state index contributed by atoms with van der Waals surface area (Å²) in [5.74, 6) is -0.0738. The monoisotopic (exact) mass is 351 g/mol. The summed E-state index contributed by atoms with van der Waals surface area (Å²) in [7, 11) is 0. The Kier molecular flexibility index (Phi) is 4.16. The third-order valence-corrected chi connectivity index (χ3v) is 4.41. The molecule has 1 unspecified atom stereocenters. The lowest BCUT2D eigenvalue weighted by molar-refractivity contribution is 0.0947. The zero-order valence-electron chi connectivity index (χ0n) is 14.3. The third-order valence-electron chi connectivity index (χ3n) is 4.41. The molecule has 1 aliphatic rings. The standard InChI is InChI=1S/C20H18FN3O2/c1-14-12-23-18(20(25)24(14)17-9-7-16(21)8-10-17)11-19(22-23)26-13-15-5-3-2-4-6-15/h2-11,14H,12-13H2,1H3. The van der Waals surface area contributed by atoms with E-state index in [0.29, 0.717) is 30.4 Å². The molecule has 0 radical (unpaired) electrons. The molecule has 5 nitrogen and oxygen atoms in total. The average Bonchev–Trinajstić information content (AvgIpc) is 3.05. The van der Waals surface area contributed by atoms with E-state index in [9.17, 15) is 9.18 Å². The predicted molar refractivity (Wildman–Crippen MR) is 95.7 cm³/mol. The zero-order chi connectivity index (χ0) is 18.1. The molecule has 1 atom stereocenters. The summed E-state index contributed by atoms with van der Waals surface area (Å²) in [4.78, 5) is 14.6. The van der Waals surface area contributed by atoms with Crippen LogP contribution in [-0.4, -0.2) is 21.7 Å². The second-order valence-electron chi connectivity index (χ2n) is 6.32. The van der Waals surface area contributed by atoms with Gasteiger partial charge in [0.05, 0.1) is 12.6 Å². The van der Waals surface area contributed by atoms with Crippen molar-refractivity contribution in [2.75, 3.05) is 4.90 Å². The van der Waals surface area contributed by atoms with Gasteiger partial charge in [-0.3, -0.25) is 9.48 Å². The molecule has 2 heterocycles. The molecule has 0 aliphatic carbocycles. The van der Waals surface area contributed by atoms with Crippen molar-refractivity contribution in [3.05, 3.63) is 77.7 Å². The lowest BCUT2D eigenvalue weighted by Gasteiger charge is -2.33. The van der Waals surface area contributed by atoms with Crippen LogP contribution in [0.4, 0.5) is 10.1 Å². The quantitative estimate of drug-likeness (QED) is 0.721. The van der Waals surface area contributed by atoms with E-state index in [-0.39, 0.29) is 17.8 Å². The number of anilines is 1. The van der Waals surface area contributed by atoms with Gasteiger partial charge in [0.15, 0.2) is 0 Å². The number of carbonyl (C=O) groups is 1. The van der Waals surface area contributed by atoms with Crippen molar-refractivity contribution < 1.29 is 13.9 Å². The molecule has 1 aromatic heterocycles. The molecule has 0 bridgehead atoms. The van der Waals surface area contributed by atoms with Gasteiger partial charge >= 0.3 is 0 Å². The fraction of sp³-hybridized carbons (Fsp3) is 0.200. The maximum absolute atomic E-state index is 13.2. The van der Waals surface area contributed by atoms with Gasteiger partial charge in [0.25, 0.3) is 5.91 Å². The van der Waals surface area contributed by atoms with Crippen LogP contribution in [0.15, 0.2) is 60.7 Å². The minimum absolute atomic E-state index is 0.0951. The Morgan fingerprint density at radius 1 is 1.15 bits per heavy atom. The summed E-state index contributed by atoms with van der Waals surface area (Å²) < 4.78 is 20.6. The molecule has 3 aromatic rings. The molecule has 0 saturated carbocycles. The lowest BCUT2D eigenvalue weighted by atomic mass is 10.1. The van der Waals surface area contributed by atoms with Crippen molar-refractivity contribution in [2.24, 2.45) is 0 Å². The normalized spacial score (nSPS) is 16.5. The number of hydrogen-bond donors (Lipinski definition) is 0. The molecular weight excluding hydrogens is 333 g/mol. The smallest absolute Gasteiger partial charge is 0.277 e. The SMILES string of the molecule is CC1Cn2nc(OCc3ccccc3)cc2C(=O)N1c1ccc(F)cc1. The number of aromatic nitrogens is 2. The fourth-order valence-corrected chi connectivity index (χ4v) is 3.14. The van der Waals surface area contributed by atoms with E-state index in [1.165, 1.54) is 12.1 Å². The molecule has 2 aromatic carbocycles. The van der Waals surface area contributed by atoms with E-state index >= 15 is 0 Å². The number of ether oxygens (including phenoxy) is 1. The number of benzene rings is 2. The molecule has 1 amide bonds. The Morgan fingerprint density at radius 2 is 1.88 bits per heavy atom. The van der Waals surface area contributed by atoms with Gasteiger partial charge in [-0.1, -0.05) is 30.3 Å². The van der Waals surface area contributed by atoms with Crippen LogP contribution in [0, 0.1) is 5.82 Å². The molecule has 0 saturated heterocycles. The van der Waals surface area contributed by atoms with Crippen molar-refractivity contribution in [3.63, 3.8) is 0 Å². The molecule has 4 rings (SSSR count). The Hall–Kier alpha value is -3.15. The van der Waals surface area contributed by atoms with Gasteiger partial charge in [-0.05, 0) is 36.8 Å². The molecule has 26 heavy (non-hydrogen) atoms. The minimum Gasteiger partial charge on any atom is -0.472 e. The highest BCUT2D eigenvalue weighted by Gasteiger charge is 2.32. The Balaban J connectivity index is 1.56. The van der Waals surface area contributed by atoms with Crippen LogP contribution in [0.5, 0.6) is 5.88 Å². The largest absolute Gasteiger partial charge is 0.472 e. The summed E-state index contributed by atoms with van der Waals surface area (Å²) in [6.07, 6.45) is 0. The molecule has 0 spiro atoms. The van der Waals surface area contributed by atoms with Gasteiger partial charge in [0, 0.05) is 11.8 Å². The highest BCUT2D eigenvalue weighted by Crippen LogP contribution is 2.27. The number of halogens is 1. The molecular formula is C20H18FN3O2. The minimum atomic E-state index is -0.326. The van der Waals surface area contributed by atoms with E-state index in [0.717, 1.165) is 5.56 Å². The van der Waals surface area contributed by atoms with E-state index < -0.39 is 0 Å². The zero-order valence-corrected chi connectivity index (χ0v) is 14.3. The summed E-state index contributed by atoms with van der Waals surface area (Å²) in [5, 5.41) is 4.40. The second-order valence-corrected chi connectivity index (χ2v) is 6.32. The second kappa shape index (κ2) is 6.63. The first-order valence-corrected chi connectivity index (χ1v) is 8.45. The van der Waals surface area contributed by atoms with E-state index in [1.807, 2.05) is 37.3 Å². The van der Waals surface area contributed by atoms with Crippen LogP contribution in [0.1, 0.15) is 23.0 Å². The number of amides is 1. The number of carbonyl (C=O) groups excluding carboxylic acids is 1. The van der Waals surface area contributed by atoms with Crippen molar-refractivity contribution >= 4 is 11.6 Å². The van der Waals surface area contributed by atoms with Gasteiger partial charge in [-0.25, -0.2) is 4.39 Å². The van der Waals surface area contributed by atoms with Gasteiger partial charge in [0.1, 0.15) is 18.1 Å². The summed E-state index contributed by atoms with van der Waals surface area (Å²) in [6.45, 7) is 2.88. The fourth-order valence-electron chi connectivity index (χ4n) is 3.14. The van der Waals surface area contributed by atoms with Crippen LogP contribution >= 0.6 is 0 Å². The van der Waals surface area contributed by atoms with E-state index in [1.54, 1.807) is 27.8 Å². The maximum atomic E-state index is 13.2. The highest BCUT2D eigenvalue weighted by atomic mass is 19.1. The topological polar surface area (TPSA) is 47.4 Å². The van der Waals surface area contributed by atoms with Crippen LogP contribution in [-0.2, 0) is 13.2 Å². The number of fused-ring (bicyclic) bond motifs is 1. The van der Waals surface area contributed by atoms with Crippen molar-refractivity contribution in [1.29, 1.82) is 0 Å². The van der Waals surface area contributed by atoms with Crippen LogP contribution in [0.2, 0.25) is 0 Å². The van der Waals surface area contributed by atoms with Crippen LogP contribution in [0.3, 0.4) is 0 Å². The Morgan fingerprint density at radius 3 is 2.62 bits per heavy atom. The van der Waals surface area contributed by atoms with E-state index in [4.69, 9.17) is 4.74 Å². The number of hydrogen-bond acceptors (Lipinski definition) is 3. The van der Waals surface area contributed by atoms with Crippen molar-refractivity contribution in [3.8, 4) is 5.88 Å². The third kappa shape index (κ3) is 3.06. The summed E-state index contributed by atoms with van der Waals surface area (Å²) >= 11 is 0. The van der Waals surface area contributed by atoms with Gasteiger partial charge in [-0.2, -0.15) is 0 Å². The Labute approximate surface area is 150 Å². The van der Waals surface area contributed by atoms with Crippen LogP contribution < -0.4 is 9.64 Å². The maximum Gasteiger partial charge on any atom is 0.277 e. The van der Waals surface area contributed by atoms with Gasteiger partial charge < -0.3 is 9.64 Å². The number of rotatable bonds is 4. The molecule has 1 aliphatic heterocycles. The molecule has 6 heteroatoms. The molecule has 0 fully saturated rings.